The number of aromatic nitrogens is 1. The van der Waals surface area contributed by atoms with E-state index in [9.17, 15) is 17.6 Å². The van der Waals surface area contributed by atoms with Gasteiger partial charge >= 0.3 is 0 Å². The van der Waals surface area contributed by atoms with Crippen LogP contribution in [-0.2, 0) is 16.4 Å². The fourth-order valence-corrected chi connectivity index (χ4v) is 6.97. The number of fused-ring (bicyclic) bond motifs is 2. The average molecular weight is 575 g/mol. The minimum Gasteiger partial charge on any atom is -0.309 e. The molecule has 0 aliphatic carbocycles. The van der Waals surface area contributed by atoms with Gasteiger partial charge in [0, 0.05) is 18.7 Å². The Morgan fingerprint density at radius 3 is 2.47 bits per heavy atom. The summed E-state index contributed by atoms with van der Waals surface area (Å²) < 4.78 is 43.1. The number of carbonyl (C=O) groups is 1. The molecule has 0 N–H and O–H groups in total. The molecule has 3 aromatic carbocycles. The standard InChI is InChI=1S/C27H27FN4O3S2.ClH/c1-30(2)16-6-17-31(27-29-25-22(28)8-5-10-24(25)36-27)26(33)20-11-13-21(14-12-20)37(34,35)32-18-15-19-7-3-4-9-23(19)32;/h3-5,7-14H,6,15-18H2,1-2H3;1H. The molecule has 0 bridgehead atoms. The van der Waals surface area contributed by atoms with Crippen LogP contribution in [0.5, 0.6) is 0 Å². The second kappa shape index (κ2) is 11.4. The molecule has 0 unspecified atom stereocenters. The number of thiazole rings is 1. The number of nitrogens with zero attached hydrogens (tertiary/aromatic N) is 4. The number of hydrogen-bond donors (Lipinski definition) is 0. The van der Waals surface area contributed by atoms with Crippen molar-refractivity contribution in [3.05, 3.63) is 83.7 Å². The van der Waals surface area contributed by atoms with Gasteiger partial charge in [-0.1, -0.05) is 35.6 Å². The van der Waals surface area contributed by atoms with Crippen molar-refractivity contribution in [1.29, 1.82) is 0 Å². The highest BCUT2D eigenvalue weighted by molar-refractivity contribution is 7.92. The van der Waals surface area contributed by atoms with Crippen LogP contribution in [0.2, 0.25) is 0 Å². The summed E-state index contributed by atoms with van der Waals surface area (Å²) in [6.45, 7) is 1.54. The third kappa shape index (κ3) is 5.40. The molecule has 1 aromatic heterocycles. The van der Waals surface area contributed by atoms with E-state index in [1.54, 1.807) is 17.0 Å². The summed E-state index contributed by atoms with van der Waals surface area (Å²) in [4.78, 5) is 21.7. The maximum absolute atomic E-state index is 14.3. The van der Waals surface area contributed by atoms with Crippen LogP contribution in [0, 0.1) is 5.82 Å². The van der Waals surface area contributed by atoms with Gasteiger partial charge in [-0.2, -0.15) is 0 Å². The Hall–Kier alpha value is -3.05. The zero-order valence-electron chi connectivity index (χ0n) is 21.0. The first-order valence-electron chi connectivity index (χ1n) is 12.0. The van der Waals surface area contributed by atoms with E-state index < -0.39 is 15.8 Å². The van der Waals surface area contributed by atoms with Crippen LogP contribution in [0.25, 0.3) is 10.2 Å². The number of benzene rings is 3. The van der Waals surface area contributed by atoms with E-state index in [-0.39, 0.29) is 28.7 Å². The highest BCUT2D eigenvalue weighted by Gasteiger charge is 2.31. The molecule has 0 atom stereocenters. The molecule has 0 spiro atoms. The first kappa shape index (κ1) is 28.0. The molecule has 1 amide bonds. The Balaban J connectivity index is 0.00000336. The molecule has 7 nitrogen and oxygen atoms in total. The molecule has 1 aliphatic heterocycles. The third-order valence-corrected chi connectivity index (χ3v) is 9.23. The van der Waals surface area contributed by atoms with Gasteiger partial charge in [0.1, 0.15) is 11.3 Å². The molecule has 0 saturated carbocycles. The maximum atomic E-state index is 14.3. The van der Waals surface area contributed by atoms with Gasteiger partial charge in [0.05, 0.1) is 15.3 Å². The zero-order valence-corrected chi connectivity index (χ0v) is 23.5. The molecular formula is C27H28ClFN4O3S2. The van der Waals surface area contributed by atoms with Crippen LogP contribution in [0.1, 0.15) is 22.3 Å². The molecule has 0 fully saturated rings. The van der Waals surface area contributed by atoms with E-state index >= 15 is 0 Å². The van der Waals surface area contributed by atoms with Crippen molar-refractivity contribution in [2.75, 3.05) is 42.9 Å². The quantitative estimate of drug-likeness (QED) is 0.289. The summed E-state index contributed by atoms with van der Waals surface area (Å²) in [5, 5.41) is 0.411. The summed E-state index contributed by atoms with van der Waals surface area (Å²) in [6.07, 6.45) is 1.36. The van der Waals surface area contributed by atoms with Crippen molar-refractivity contribution in [2.45, 2.75) is 17.7 Å². The first-order chi connectivity index (χ1) is 17.8. The van der Waals surface area contributed by atoms with E-state index in [0.29, 0.717) is 47.0 Å². The number of anilines is 2. The molecule has 200 valence electrons. The van der Waals surface area contributed by atoms with Crippen molar-refractivity contribution in [3.63, 3.8) is 0 Å². The van der Waals surface area contributed by atoms with Crippen molar-refractivity contribution in [1.82, 2.24) is 9.88 Å². The molecule has 1 aliphatic rings. The molecule has 0 radical (unpaired) electrons. The van der Waals surface area contributed by atoms with Crippen LogP contribution in [0.3, 0.4) is 0 Å². The third-order valence-electron chi connectivity index (χ3n) is 6.36. The number of rotatable bonds is 8. The van der Waals surface area contributed by atoms with E-state index in [1.807, 2.05) is 43.3 Å². The van der Waals surface area contributed by atoms with Crippen LogP contribution < -0.4 is 9.21 Å². The van der Waals surface area contributed by atoms with Crippen LogP contribution in [-0.4, -0.2) is 57.9 Å². The summed E-state index contributed by atoms with van der Waals surface area (Å²) in [7, 11) is 0.149. The molecule has 4 aromatic rings. The zero-order chi connectivity index (χ0) is 26.2. The van der Waals surface area contributed by atoms with Crippen molar-refractivity contribution >= 4 is 60.7 Å². The maximum Gasteiger partial charge on any atom is 0.264 e. The van der Waals surface area contributed by atoms with Gasteiger partial charge in [0.15, 0.2) is 5.13 Å². The monoisotopic (exact) mass is 574 g/mol. The normalized spacial score (nSPS) is 13.0. The van der Waals surface area contributed by atoms with Crippen LogP contribution >= 0.6 is 23.7 Å². The lowest BCUT2D eigenvalue weighted by molar-refractivity contribution is 0.0986. The lowest BCUT2D eigenvalue weighted by atomic mass is 10.2. The van der Waals surface area contributed by atoms with Gasteiger partial charge in [0.25, 0.3) is 15.9 Å². The molecule has 0 saturated heterocycles. The Morgan fingerprint density at radius 2 is 1.76 bits per heavy atom. The SMILES string of the molecule is CN(C)CCCN(C(=O)c1ccc(S(=O)(=O)N2CCc3ccccc32)cc1)c1nc2c(F)cccc2s1.Cl. The highest BCUT2D eigenvalue weighted by atomic mass is 35.5. The minimum absolute atomic E-state index is 0. The summed E-state index contributed by atoms with van der Waals surface area (Å²) in [6, 6.07) is 18.2. The molecular weight excluding hydrogens is 547 g/mol. The first-order valence-corrected chi connectivity index (χ1v) is 14.2. The highest BCUT2D eigenvalue weighted by Crippen LogP contribution is 2.34. The fraction of sp³-hybridized carbons (Fsp3) is 0.259. The lowest BCUT2D eigenvalue weighted by Crippen LogP contribution is -2.33. The second-order valence-corrected chi connectivity index (χ2v) is 12.0. The predicted octanol–water partition coefficient (Wildman–Crippen LogP) is 5.21. The Morgan fingerprint density at radius 1 is 1.03 bits per heavy atom. The van der Waals surface area contributed by atoms with Gasteiger partial charge in [0.2, 0.25) is 0 Å². The summed E-state index contributed by atoms with van der Waals surface area (Å²) in [5.74, 6) is -0.743. The summed E-state index contributed by atoms with van der Waals surface area (Å²) in [5.41, 5.74) is 2.27. The largest absolute Gasteiger partial charge is 0.309 e. The average Bonchev–Trinajstić information content (AvgIpc) is 3.52. The van der Waals surface area contributed by atoms with E-state index in [0.717, 1.165) is 12.1 Å². The Labute approximate surface area is 232 Å². The number of sulfonamides is 1. The predicted molar refractivity (Wildman–Crippen MR) is 153 cm³/mol. The van der Waals surface area contributed by atoms with E-state index in [4.69, 9.17) is 0 Å². The topological polar surface area (TPSA) is 73.8 Å². The molecule has 11 heteroatoms. The number of para-hydroxylation sites is 2. The Bertz CT molecular complexity index is 1560. The van der Waals surface area contributed by atoms with Gasteiger partial charge in [-0.05, 0) is 81.5 Å². The Kier molecular flexibility index (Phi) is 8.37. The second-order valence-electron chi connectivity index (χ2n) is 9.18. The van der Waals surface area contributed by atoms with Gasteiger partial charge in [-0.15, -0.1) is 12.4 Å². The van der Waals surface area contributed by atoms with Crippen molar-refractivity contribution in [2.24, 2.45) is 0 Å². The number of carbonyl (C=O) groups excluding carboxylic acids is 1. The smallest absolute Gasteiger partial charge is 0.264 e. The van der Waals surface area contributed by atoms with Crippen LogP contribution in [0.15, 0.2) is 71.6 Å². The number of hydrogen-bond acceptors (Lipinski definition) is 6. The lowest BCUT2D eigenvalue weighted by Gasteiger charge is -2.22. The molecule has 38 heavy (non-hydrogen) atoms. The number of amides is 1. The van der Waals surface area contributed by atoms with E-state index in [1.165, 1.54) is 46.0 Å². The fourth-order valence-electron chi connectivity index (χ4n) is 4.46. The minimum atomic E-state index is -3.76. The van der Waals surface area contributed by atoms with Crippen LogP contribution in [0.4, 0.5) is 15.2 Å². The number of halogens is 2. The van der Waals surface area contributed by atoms with Gasteiger partial charge in [-0.3, -0.25) is 14.0 Å². The molecule has 2 heterocycles. The summed E-state index contributed by atoms with van der Waals surface area (Å²) >= 11 is 1.26. The van der Waals surface area contributed by atoms with Gasteiger partial charge in [-0.25, -0.2) is 17.8 Å². The van der Waals surface area contributed by atoms with Gasteiger partial charge < -0.3 is 4.90 Å². The van der Waals surface area contributed by atoms with Crippen molar-refractivity contribution < 1.29 is 17.6 Å². The van der Waals surface area contributed by atoms with E-state index in [2.05, 4.69) is 4.98 Å². The van der Waals surface area contributed by atoms with Crippen molar-refractivity contribution in [3.8, 4) is 0 Å². The molecule has 5 rings (SSSR count).